The average molecular weight is 267 g/mol. The summed E-state index contributed by atoms with van der Waals surface area (Å²) in [6.07, 6.45) is 3.03. The lowest BCUT2D eigenvalue weighted by Crippen LogP contribution is -2.07. The number of aliphatic hydroxyl groups is 1. The molecule has 1 unspecified atom stereocenters. The van der Waals surface area contributed by atoms with Crippen molar-refractivity contribution in [1.82, 2.24) is 14.4 Å². The second kappa shape index (κ2) is 5.06. The third-order valence-electron chi connectivity index (χ3n) is 3.39. The van der Waals surface area contributed by atoms with Gasteiger partial charge in [-0.25, -0.2) is 9.97 Å². The van der Waals surface area contributed by atoms with Crippen LogP contribution in [-0.4, -0.2) is 19.5 Å². The predicted molar refractivity (Wildman–Crippen MR) is 78.2 cm³/mol. The van der Waals surface area contributed by atoms with Crippen LogP contribution in [0.15, 0.2) is 48.8 Å². The summed E-state index contributed by atoms with van der Waals surface area (Å²) in [4.78, 5) is 8.78. The van der Waals surface area contributed by atoms with Gasteiger partial charge in [-0.15, -0.1) is 0 Å². The molecule has 102 valence electrons. The first kappa shape index (κ1) is 12.8. The molecule has 3 rings (SSSR count). The largest absolute Gasteiger partial charge is 0.386 e. The van der Waals surface area contributed by atoms with Crippen LogP contribution >= 0.6 is 0 Å². The highest BCUT2D eigenvalue weighted by molar-refractivity contribution is 5.66. The third-order valence-corrected chi connectivity index (χ3v) is 3.39. The number of aliphatic hydroxyl groups excluding tert-OH is 1. The van der Waals surface area contributed by atoms with Gasteiger partial charge in [0.05, 0.1) is 11.4 Å². The number of rotatable bonds is 3. The predicted octanol–water partition coefficient (Wildman–Crippen LogP) is 3.09. The van der Waals surface area contributed by atoms with Crippen molar-refractivity contribution in [2.75, 3.05) is 0 Å². The quantitative estimate of drug-likeness (QED) is 0.793. The lowest BCUT2D eigenvalue weighted by Gasteiger charge is -2.14. The lowest BCUT2D eigenvalue weighted by atomic mass is 10.00. The van der Waals surface area contributed by atoms with E-state index in [0.29, 0.717) is 11.5 Å². The molecule has 0 saturated heterocycles. The van der Waals surface area contributed by atoms with Gasteiger partial charge >= 0.3 is 0 Å². The molecule has 0 aliphatic heterocycles. The van der Waals surface area contributed by atoms with Gasteiger partial charge in [-0.3, -0.25) is 4.40 Å². The summed E-state index contributed by atoms with van der Waals surface area (Å²) in [5.74, 6) is 0.712. The molecule has 0 fully saturated rings. The van der Waals surface area contributed by atoms with Crippen molar-refractivity contribution in [1.29, 1.82) is 0 Å². The molecule has 2 aromatic heterocycles. The normalized spacial score (nSPS) is 13.0. The Kier molecular flexibility index (Phi) is 3.24. The molecule has 0 spiro atoms. The van der Waals surface area contributed by atoms with E-state index in [1.54, 1.807) is 6.20 Å². The van der Waals surface area contributed by atoms with Crippen LogP contribution in [-0.2, 0) is 0 Å². The van der Waals surface area contributed by atoms with E-state index in [9.17, 15) is 5.11 Å². The molecule has 0 aliphatic rings. The molecule has 1 N–H and O–H groups in total. The summed E-state index contributed by atoms with van der Waals surface area (Å²) in [6, 6.07) is 11.9. The Morgan fingerprint density at radius 3 is 2.55 bits per heavy atom. The highest BCUT2D eigenvalue weighted by Gasteiger charge is 2.23. The first-order valence-corrected chi connectivity index (χ1v) is 6.75. The number of imidazole rings is 1. The number of hydrogen-bond acceptors (Lipinski definition) is 3. The van der Waals surface area contributed by atoms with E-state index in [-0.39, 0.29) is 5.92 Å². The van der Waals surface area contributed by atoms with Gasteiger partial charge in [0.2, 0.25) is 5.78 Å². The molecule has 0 aliphatic carbocycles. The van der Waals surface area contributed by atoms with Gasteiger partial charge in [-0.1, -0.05) is 44.2 Å². The molecule has 2 heterocycles. The Hall–Kier alpha value is -2.20. The second-order valence-corrected chi connectivity index (χ2v) is 5.19. The summed E-state index contributed by atoms with van der Waals surface area (Å²) in [7, 11) is 0. The zero-order chi connectivity index (χ0) is 14.1. The third kappa shape index (κ3) is 2.08. The molecule has 4 heteroatoms. The molecule has 0 bridgehead atoms. The molecular weight excluding hydrogens is 250 g/mol. The number of fused-ring (bicyclic) bond motifs is 1. The van der Waals surface area contributed by atoms with Gasteiger partial charge < -0.3 is 5.11 Å². The average Bonchev–Trinajstić information content (AvgIpc) is 2.86. The van der Waals surface area contributed by atoms with Gasteiger partial charge in [0.15, 0.2) is 0 Å². The fourth-order valence-electron chi connectivity index (χ4n) is 2.31. The van der Waals surface area contributed by atoms with Crippen molar-refractivity contribution in [3.63, 3.8) is 0 Å². The van der Waals surface area contributed by atoms with Crippen LogP contribution in [0.25, 0.3) is 17.0 Å². The van der Waals surface area contributed by atoms with Gasteiger partial charge in [0.1, 0.15) is 6.10 Å². The standard InChI is InChI=1S/C16H17N3O/c1-11(2)15(20)13-14(12-7-4-3-5-8-12)19-10-6-9-17-16(19)18-13/h3-11,15,20H,1-2H3. The molecule has 4 nitrogen and oxygen atoms in total. The summed E-state index contributed by atoms with van der Waals surface area (Å²) < 4.78 is 1.93. The zero-order valence-electron chi connectivity index (χ0n) is 11.6. The van der Waals surface area contributed by atoms with Crippen LogP contribution in [0.2, 0.25) is 0 Å². The van der Waals surface area contributed by atoms with E-state index in [1.165, 1.54) is 0 Å². The van der Waals surface area contributed by atoms with E-state index in [0.717, 1.165) is 11.3 Å². The summed E-state index contributed by atoms with van der Waals surface area (Å²) >= 11 is 0. The topological polar surface area (TPSA) is 50.4 Å². The van der Waals surface area contributed by atoms with Gasteiger partial charge in [-0.2, -0.15) is 0 Å². The molecule has 0 saturated carbocycles. The summed E-state index contributed by atoms with van der Waals surface area (Å²) in [5.41, 5.74) is 2.63. The van der Waals surface area contributed by atoms with Crippen molar-refractivity contribution < 1.29 is 5.11 Å². The van der Waals surface area contributed by atoms with E-state index in [2.05, 4.69) is 9.97 Å². The molecule has 0 amide bonds. The zero-order valence-corrected chi connectivity index (χ0v) is 11.6. The number of nitrogens with zero attached hydrogens (tertiary/aromatic N) is 3. The first-order chi connectivity index (χ1) is 9.68. The van der Waals surface area contributed by atoms with Gasteiger partial charge in [0.25, 0.3) is 0 Å². The Balaban J connectivity index is 2.29. The Labute approximate surface area is 117 Å². The maximum Gasteiger partial charge on any atom is 0.234 e. The Morgan fingerprint density at radius 2 is 1.85 bits per heavy atom. The minimum atomic E-state index is -0.605. The number of hydrogen-bond donors (Lipinski definition) is 1. The smallest absolute Gasteiger partial charge is 0.234 e. The SMILES string of the molecule is CC(C)C(O)c1nc2ncccn2c1-c1ccccc1. The molecule has 0 radical (unpaired) electrons. The van der Waals surface area contributed by atoms with Crippen LogP contribution in [0, 0.1) is 5.92 Å². The van der Waals surface area contributed by atoms with Crippen molar-refractivity contribution >= 4 is 5.78 Å². The summed E-state index contributed by atoms with van der Waals surface area (Å²) in [5, 5.41) is 10.4. The number of benzene rings is 1. The van der Waals surface area contributed by atoms with Crippen LogP contribution < -0.4 is 0 Å². The molecule has 1 aromatic carbocycles. The maximum absolute atomic E-state index is 10.4. The van der Waals surface area contributed by atoms with Gasteiger partial charge in [-0.05, 0) is 12.0 Å². The highest BCUT2D eigenvalue weighted by Crippen LogP contribution is 2.31. The van der Waals surface area contributed by atoms with E-state index in [4.69, 9.17) is 0 Å². The molecule has 3 aromatic rings. The fraction of sp³-hybridized carbons (Fsp3) is 0.250. The van der Waals surface area contributed by atoms with E-state index < -0.39 is 6.10 Å². The molecule has 1 atom stereocenters. The van der Waals surface area contributed by atoms with Crippen LogP contribution in [0.4, 0.5) is 0 Å². The van der Waals surface area contributed by atoms with Crippen molar-refractivity contribution in [3.05, 3.63) is 54.5 Å². The number of aromatic nitrogens is 3. The lowest BCUT2D eigenvalue weighted by molar-refractivity contribution is 0.123. The van der Waals surface area contributed by atoms with Gasteiger partial charge in [0, 0.05) is 18.0 Å². The van der Waals surface area contributed by atoms with Crippen LogP contribution in [0.3, 0.4) is 0 Å². The van der Waals surface area contributed by atoms with Crippen molar-refractivity contribution in [2.24, 2.45) is 5.92 Å². The second-order valence-electron chi connectivity index (χ2n) is 5.19. The van der Waals surface area contributed by atoms with E-state index in [1.807, 2.05) is 60.8 Å². The maximum atomic E-state index is 10.4. The summed E-state index contributed by atoms with van der Waals surface area (Å²) in [6.45, 7) is 3.97. The Morgan fingerprint density at radius 1 is 1.10 bits per heavy atom. The van der Waals surface area contributed by atoms with E-state index >= 15 is 0 Å². The van der Waals surface area contributed by atoms with Crippen molar-refractivity contribution in [2.45, 2.75) is 20.0 Å². The molecular formula is C16H17N3O. The first-order valence-electron chi connectivity index (χ1n) is 6.75. The monoisotopic (exact) mass is 267 g/mol. The van der Waals surface area contributed by atoms with Crippen LogP contribution in [0.5, 0.6) is 0 Å². The Bertz CT molecular complexity index is 719. The highest BCUT2D eigenvalue weighted by atomic mass is 16.3. The minimum Gasteiger partial charge on any atom is -0.386 e. The van der Waals surface area contributed by atoms with Crippen LogP contribution in [0.1, 0.15) is 25.6 Å². The van der Waals surface area contributed by atoms with Crippen molar-refractivity contribution in [3.8, 4) is 11.3 Å². The molecule has 20 heavy (non-hydrogen) atoms. The minimum absolute atomic E-state index is 0.0994. The fourth-order valence-corrected chi connectivity index (χ4v) is 2.31.